The molecule has 1 fully saturated rings. The van der Waals surface area contributed by atoms with Crippen LogP contribution in [0.1, 0.15) is 27.1 Å². The van der Waals surface area contributed by atoms with Crippen molar-refractivity contribution in [3.05, 3.63) is 83.7 Å². The summed E-state index contributed by atoms with van der Waals surface area (Å²) in [5.41, 5.74) is 2.47. The van der Waals surface area contributed by atoms with Gasteiger partial charge in [0.25, 0.3) is 11.8 Å². The maximum Gasteiger partial charge on any atom is 0.256 e. The van der Waals surface area contributed by atoms with Crippen molar-refractivity contribution < 1.29 is 14.0 Å². The van der Waals surface area contributed by atoms with Gasteiger partial charge >= 0.3 is 0 Å². The first-order valence-corrected chi connectivity index (χ1v) is 12.6. The molecular weight excluding hydrogens is 463 g/mol. The van der Waals surface area contributed by atoms with E-state index in [0.29, 0.717) is 29.0 Å². The number of anilines is 2. The summed E-state index contributed by atoms with van der Waals surface area (Å²) < 4.78 is 14.0. The minimum atomic E-state index is -0.177. The van der Waals surface area contributed by atoms with Crippen molar-refractivity contribution >= 4 is 35.0 Å². The van der Waals surface area contributed by atoms with Gasteiger partial charge in [0, 0.05) is 48.1 Å². The number of para-hydroxylation sites is 1. The number of benzene rings is 3. The molecule has 0 radical (unpaired) electrons. The normalized spacial score (nSPS) is 15.6. The number of carbonyl (C=O) groups excluding carboxylic acids is 2. The third kappa shape index (κ3) is 5.33. The number of hydrogen-bond donors (Lipinski definition) is 2. The van der Waals surface area contributed by atoms with Crippen LogP contribution in [0.25, 0.3) is 0 Å². The van der Waals surface area contributed by atoms with E-state index in [1.165, 1.54) is 17.8 Å². The summed E-state index contributed by atoms with van der Waals surface area (Å²) in [5, 5.41) is 5.92. The van der Waals surface area contributed by atoms with E-state index in [0.717, 1.165) is 48.9 Å². The highest BCUT2D eigenvalue weighted by atomic mass is 32.2. The van der Waals surface area contributed by atoms with Crippen molar-refractivity contribution in [2.75, 3.05) is 49.5 Å². The number of carbonyl (C=O) groups is 2. The molecule has 0 spiro atoms. The fourth-order valence-electron chi connectivity index (χ4n) is 4.44. The first-order valence-electron chi connectivity index (χ1n) is 11.8. The van der Waals surface area contributed by atoms with Gasteiger partial charge < -0.3 is 15.5 Å². The third-order valence-corrected chi connectivity index (χ3v) is 7.50. The Balaban J connectivity index is 1.09. The Morgan fingerprint density at radius 3 is 2.57 bits per heavy atom. The minimum absolute atomic E-state index is 0.154. The molecule has 0 saturated carbocycles. The van der Waals surface area contributed by atoms with Crippen molar-refractivity contribution in [2.45, 2.75) is 16.2 Å². The summed E-state index contributed by atoms with van der Waals surface area (Å²) in [6.45, 7) is 4.75. The van der Waals surface area contributed by atoms with Crippen molar-refractivity contribution in [1.82, 2.24) is 10.2 Å². The Kier molecular flexibility index (Phi) is 7.01. The van der Waals surface area contributed by atoms with Crippen LogP contribution in [0, 0.1) is 5.82 Å². The highest BCUT2D eigenvalue weighted by molar-refractivity contribution is 7.99. The molecule has 180 valence electrons. The van der Waals surface area contributed by atoms with E-state index in [4.69, 9.17) is 0 Å². The number of hydrogen-bond acceptors (Lipinski definition) is 5. The van der Waals surface area contributed by atoms with E-state index in [1.807, 2.05) is 36.4 Å². The quantitative estimate of drug-likeness (QED) is 0.499. The average Bonchev–Trinajstić information content (AvgIpc) is 3.02. The van der Waals surface area contributed by atoms with Crippen molar-refractivity contribution in [3.63, 3.8) is 0 Å². The van der Waals surface area contributed by atoms with Crippen LogP contribution in [0.3, 0.4) is 0 Å². The Morgan fingerprint density at radius 2 is 1.74 bits per heavy atom. The molecule has 0 aliphatic carbocycles. The zero-order valence-corrected chi connectivity index (χ0v) is 20.1. The molecule has 0 bridgehead atoms. The van der Waals surface area contributed by atoms with Crippen LogP contribution < -0.4 is 15.5 Å². The molecule has 6 nitrogen and oxygen atoms in total. The molecule has 2 heterocycles. The van der Waals surface area contributed by atoms with Gasteiger partial charge in [-0.3, -0.25) is 14.5 Å². The van der Waals surface area contributed by atoms with Crippen molar-refractivity contribution in [1.29, 1.82) is 0 Å². The average molecular weight is 491 g/mol. The van der Waals surface area contributed by atoms with Crippen LogP contribution in [-0.2, 0) is 0 Å². The second kappa shape index (κ2) is 10.5. The fraction of sp³-hybridized carbons (Fsp3) is 0.259. The summed E-state index contributed by atoms with van der Waals surface area (Å²) in [7, 11) is 0. The zero-order valence-electron chi connectivity index (χ0n) is 19.3. The van der Waals surface area contributed by atoms with E-state index in [1.54, 1.807) is 24.3 Å². The molecule has 0 unspecified atom stereocenters. The summed E-state index contributed by atoms with van der Waals surface area (Å²) in [6, 6.07) is 19.8. The highest BCUT2D eigenvalue weighted by Gasteiger charge is 2.21. The largest absolute Gasteiger partial charge is 0.367 e. The molecule has 2 aliphatic rings. The van der Waals surface area contributed by atoms with Gasteiger partial charge in [-0.1, -0.05) is 36.0 Å². The Labute approximate surface area is 208 Å². The van der Waals surface area contributed by atoms with E-state index in [9.17, 15) is 14.0 Å². The molecule has 8 heteroatoms. The topological polar surface area (TPSA) is 64.7 Å². The number of amides is 2. The van der Waals surface area contributed by atoms with Gasteiger partial charge in [0.05, 0.1) is 16.9 Å². The van der Waals surface area contributed by atoms with Crippen LogP contribution >= 0.6 is 11.8 Å². The van der Waals surface area contributed by atoms with Crippen LogP contribution in [0.4, 0.5) is 15.8 Å². The molecule has 3 aromatic rings. The van der Waals surface area contributed by atoms with Gasteiger partial charge in [0.15, 0.2) is 0 Å². The number of nitrogens with one attached hydrogen (secondary N) is 2. The van der Waals surface area contributed by atoms with Gasteiger partial charge in [0.2, 0.25) is 0 Å². The molecule has 2 aliphatic heterocycles. The highest BCUT2D eigenvalue weighted by Crippen LogP contribution is 2.39. The third-order valence-electron chi connectivity index (χ3n) is 6.34. The molecule has 3 aromatic carbocycles. The Hall–Kier alpha value is -3.36. The van der Waals surface area contributed by atoms with Gasteiger partial charge in [0.1, 0.15) is 5.82 Å². The maximum absolute atomic E-state index is 14.0. The molecule has 2 N–H and O–H groups in total. The lowest BCUT2D eigenvalue weighted by molar-refractivity contribution is 0.0950. The zero-order chi connectivity index (χ0) is 24.2. The van der Waals surface area contributed by atoms with E-state index in [-0.39, 0.29) is 17.6 Å². The van der Waals surface area contributed by atoms with Crippen molar-refractivity contribution in [2.24, 2.45) is 0 Å². The lowest BCUT2D eigenvalue weighted by Gasteiger charge is -2.36. The summed E-state index contributed by atoms with van der Waals surface area (Å²) in [6.07, 6.45) is 0.832. The van der Waals surface area contributed by atoms with E-state index >= 15 is 0 Å². The molecule has 0 aromatic heterocycles. The van der Waals surface area contributed by atoms with Crippen LogP contribution in [0.2, 0.25) is 0 Å². The van der Waals surface area contributed by atoms with Crippen molar-refractivity contribution in [3.8, 4) is 0 Å². The lowest BCUT2D eigenvalue weighted by Crippen LogP contribution is -2.47. The Morgan fingerprint density at radius 1 is 0.971 bits per heavy atom. The molecule has 35 heavy (non-hydrogen) atoms. The van der Waals surface area contributed by atoms with Crippen LogP contribution in [-0.4, -0.2) is 56.0 Å². The first-order chi connectivity index (χ1) is 17.1. The second-order valence-electron chi connectivity index (χ2n) is 8.65. The second-order valence-corrected chi connectivity index (χ2v) is 9.74. The van der Waals surface area contributed by atoms with Gasteiger partial charge in [-0.15, -0.1) is 0 Å². The smallest absolute Gasteiger partial charge is 0.256 e. The number of halogens is 1. The molecule has 5 rings (SSSR count). The lowest BCUT2D eigenvalue weighted by atomic mass is 10.1. The first kappa shape index (κ1) is 23.4. The summed E-state index contributed by atoms with van der Waals surface area (Å²) in [5.74, 6) is -0.498. The number of rotatable bonds is 6. The number of fused-ring (bicyclic) bond motifs is 2. The molecule has 2 amide bonds. The predicted molar refractivity (Wildman–Crippen MR) is 137 cm³/mol. The van der Waals surface area contributed by atoms with E-state index < -0.39 is 0 Å². The van der Waals surface area contributed by atoms with Gasteiger partial charge in [-0.05, 0) is 55.4 Å². The van der Waals surface area contributed by atoms with E-state index in [2.05, 4.69) is 20.4 Å². The standard InChI is InChI=1S/C27H27FN4O2S/c28-21-7-2-3-8-23(21)32-16-14-31(15-17-32)13-5-12-29-26(33)19-10-11-25-22(18-19)30-27(34)20-6-1-4-9-24(20)35-25/h1-4,6-11,18H,5,12-17H2,(H,29,33)(H,30,34). The summed E-state index contributed by atoms with van der Waals surface area (Å²) in [4.78, 5) is 31.5. The molecule has 1 saturated heterocycles. The monoisotopic (exact) mass is 490 g/mol. The predicted octanol–water partition coefficient (Wildman–Crippen LogP) is 4.48. The minimum Gasteiger partial charge on any atom is -0.367 e. The van der Waals surface area contributed by atoms with Gasteiger partial charge in [-0.25, -0.2) is 4.39 Å². The number of nitrogens with zero attached hydrogens (tertiary/aromatic N) is 2. The fourth-order valence-corrected chi connectivity index (χ4v) is 5.45. The SMILES string of the molecule is O=C(NCCCN1CCN(c2ccccc2F)CC1)c1ccc2c(c1)NC(=O)c1ccccc1S2. The molecular formula is C27H27FN4O2S. The summed E-state index contributed by atoms with van der Waals surface area (Å²) >= 11 is 1.52. The maximum atomic E-state index is 14.0. The molecule has 0 atom stereocenters. The van der Waals surface area contributed by atoms with Crippen LogP contribution in [0.5, 0.6) is 0 Å². The van der Waals surface area contributed by atoms with Crippen LogP contribution in [0.15, 0.2) is 76.5 Å². The van der Waals surface area contributed by atoms with Gasteiger partial charge in [-0.2, -0.15) is 0 Å². The number of piperazine rings is 1. The Bertz CT molecular complexity index is 1240.